The first kappa shape index (κ1) is 12.3. The molecule has 0 atom stereocenters. The van der Waals surface area contributed by atoms with Crippen LogP contribution in [0.4, 0.5) is 0 Å². The van der Waals surface area contributed by atoms with Crippen LogP contribution in [0.1, 0.15) is 19.2 Å². The highest BCUT2D eigenvalue weighted by molar-refractivity contribution is 7.99. The maximum absolute atomic E-state index is 4.21. The molecule has 0 aliphatic carbocycles. The lowest BCUT2D eigenvalue weighted by atomic mass is 10.3. The van der Waals surface area contributed by atoms with Gasteiger partial charge < -0.3 is 5.32 Å². The Morgan fingerprint density at radius 1 is 1.60 bits per heavy atom. The van der Waals surface area contributed by atoms with Crippen molar-refractivity contribution in [2.24, 2.45) is 0 Å². The lowest BCUT2D eigenvalue weighted by Gasteiger charge is -2.04. The fourth-order valence-corrected chi connectivity index (χ4v) is 1.79. The van der Waals surface area contributed by atoms with Crippen LogP contribution in [-0.2, 0) is 0 Å². The number of aromatic nitrogens is 3. The summed E-state index contributed by atoms with van der Waals surface area (Å²) >= 11 is 1.61. The van der Waals surface area contributed by atoms with Crippen LogP contribution in [-0.4, -0.2) is 34.0 Å². The molecule has 1 heterocycles. The minimum atomic E-state index is 0.796. The van der Waals surface area contributed by atoms with Crippen molar-refractivity contribution in [3.8, 4) is 0 Å². The number of nitrogens with one attached hydrogen (secondary N) is 2. The Morgan fingerprint density at radius 3 is 3.00 bits per heavy atom. The van der Waals surface area contributed by atoms with Crippen LogP contribution in [0.5, 0.6) is 0 Å². The molecular formula is C10H18N4S. The third-order valence-electron chi connectivity index (χ3n) is 1.78. The van der Waals surface area contributed by atoms with E-state index in [-0.39, 0.29) is 0 Å². The summed E-state index contributed by atoms with van der Waals surface area (Å²) < 4.78 is 0. The molecule has 2 N–H and O–H groups in total. The second-order valence-corrected chi connectivity index (χ2v) is 4.36. The molecule has 15 heavy (non-hydrogen) atoms. The average Bonchev–Trinajstić information content (AvgIpc) is 2.62. The Kier molecular flexibility index (Phi) is 5.42. The Labute approximate surface area is 95.0 Å². The minimum Gasteiger partial charge on any atom is -0.313 e. The second-order valence-electron chi connectivity index (χ2n) is 3.42. The number of thioether (sulfide) groups is 1. The van der Waals surface area contributed by atoms with Gasteiger partial charge in [-0.15, -0.1) is 5.10 Å². The fourth-order valence-electron chi connectivity index (χ4n) is 1.05. The van der Waals surface area contributed by atoms with Crippen molar-refractivity contribution < 1.29 is 0 Å². The molecule has 0 aliphatic rings. The summed E-state index contributed by atoms with van der Waals surface area (Å²) in [7, 11) is 0. The minimum absolute atomic E-state index is 0.796. The van der Waals surface area contributed by atoms with Crippen molar-refractivity contribution in [2.75, 3.05) is 18.8 Å². The smallest absolute Gasteiger partial charge is 0.208 e. The molecule has 4 nitrogen and oxygen atoms in total. The van der Waals surface area contributed by atoms with Gasteiger partial charge in [0, 0.05) is 12.3 Å². The molecule has 1 aromatic heterocycles. The van der Waals surface area contributed by atoms with E-state index >= 15 is 0 Å². The summed E-state index contributed by atoms with van der Waals surface area (Å²) in [6.07, 6.45) is 1.15. The standard InChI is InChI=1S/C10H18N4S/c1-4-5-11-6-8(2)7-15-10-12-9(3)13-14-10/h11H,2,4-7H2,1,3H3,(H,12,13,14). The van der Waals surface area contributed by atoms with E-state index in [9.17, 15) is 0 Å². The predicted octanol–water partition coefficient (Wildman–Crippen LogP) is 1.76. The van der Waals surface area contributed by atoms with E-state index in [1.165, 1.54) is 5.57 Å². The molecule has 0 aliphatic heterocycles. The molecule has 5 heteroatoms. The first-order valence-corrected chi connectivity index (χ1v) is 6.10. The van der Waals surface area contributed by atoms with Gasteiger partial charge in [0.05, 0.1) is 0 Å². The van der Waals surface area contributed by atoms with Crippen LogP contribution in [0.3, 0.4) is 0 Å². The molecule has 0 amide bonds. The van der Waals surface area contributed by atoms with Crippen molar-refractivity contribution in [2.45, 2.75) is 25.4 Å². The normalized spacial score (nSPS) is 10.5. The topological polar surface area (TPSA) is 53.6 Å². The van der Waals surface area contributed by atoms with Crippen LogP contribution in [0.2, 0.25) is 0 Å². The van der Waals surface area contributed by atoms with E-state index in [0.29, 0.717) is 0 Å². The Bertz CT molecular complexity index is 308. The van der Waals surface area contributed by atoms with Gasteiger partial charge in [0.2, 0.25) is 5.16 Å². The van der Waals surface area contributed by atoms with Gasteiger partial charge >= 0.3 is 0 Å². The van der Waals surface area contributed by atoms with Crippen LogP contribution >= 0.6 is 11.8 Å². The molecule has 0 saturated carbocycles. The zero-order chi connectivity index (χ0) is 11.1. The predicted molar refractivity (Wildman–Crippen MR) is 64.1 cm³/mol. The highest BCUT2D eigenvalue weighted by Gasteiger charge is 2.01. The Balaban J connectivity index is 2.16. The van der Waals surface area contributed by atoms with Gasteiger partial charge in [0.15, 0.2) is 0 Å². The van der Waals surface area contributed by atoms with E-state index in [0.717, 1.165) is 36.2 Å². The highest BCUT2D eigenvalue weighted by Crippen LogP contribution is 2.14. The second kappa shape index (κ2) is 6.63. The maximum Gasteiger partial charge on any atom is 0.208 e. The van der Waals surface area contributed by atoms with E-state index in [4.69, 9.17) is 0 Å². The van der Waals surface area contributed by atoms with E-state index < -0.39 is 0 Å². The molecule has 0 unspecified atom stereocenters. The number of rotatable bonds is 7. The van der Waals surface area contributed by atoms with E-state index in [2.05, 4.69) is 34.0 Å². The summed E-state index contributed by atoms with van der Waals surface area (Å²) in [5.74, 6) is 1.72. The molecule has 1 aromatic rings. The van der Waals surface area contributed by atoms with Crippen molar-refractivity contribution in [3.05, 3.63) is 18.0 Å². The van der Waals surface area contributed by atoms with Crippen molar-refractivity contribution >= 4 is 11.8 Å². The summed E-state index contributed by atoms with van der Waals surface area (Å²) in [4.78, 5) is 4.21. The lowest BCUT2D eigenvalue weighted by molar-refractivity contribution is 0.716. The number of aryl methyl sites for hydroxylation is 1. The van der Waals surface area contributed by atoms with E-state index in [1.807, 2.05) is 6.92 Å². The largest absolute Gasteiger partial charge is 0.313 e. The van der Waals surface area contributed by atoms with Gasteiger partial charge in [-0.1, -0.05) is 30.8 Å². The van der Waals surface area contributed by atoms with Crippen LogP contribution in [0, 0.1) is 6.92 Å². The highest BCUT2D eigenvalue weighted by atomic mass is 32.2. The average molecular weight is 226 g/mol. The van der Waals surface area contributed by atoms with Gasteiger partial charge in [0.1, 0.15) is 5.82 Å². The van der Waals surface area contributed by atoms with E-state index in [1.54, 1.807) is 11.8 Å². The third kappa shape index (κ3) is 4.99. The van der Waals surface area contributed by atoms with Crippen molar-refractivity contribution in [3.63, 3.8) is 0 Å². The SMILES string of the molecule is C=C(CNCCC)CSc1n[nH]c(C)n1. The van der Waals surface area contributed by atoms with Gasteiger partial charge in [-0.25, -0.2) is 4.98 Å². The number of hydrogen-bond acceptors (Lipinski definition) is 4. The summed E-state index contributed by atoms with van der Waals surface area (Å²) in [6, 6.07) is 0. The van der Waals surface area contributed by atoms with Crippen molar-refractivity contribution in [1.82, 2.24) is 20.5 Å². The Morgan fingerprint density at radius 2 is 2.40 bits per heavy atom. The summed E-state index contributed by atoms with van der Waals surface area (Å²) in [6.45, 7) is 9.97. The fraction of sp³-hybridized carbons (Fsp3) is 0.600. The quantitative estimate of drug-likeness (QED) is 0.422. The van der Waals surface area contributed by atoms with Gasteiger partial charge in [0.25, 0.3) is 0 Å². The number of aromatic amines is 1. The van der Waals surface area contributed by atoms with Gasteiger partial charge in [-0.05, 0) is 19.9 Å². The molecule has 0 radical (unpaired) electrons. The van der Waals surface area contributed by atoms with Crippen LogP contribution in [0.25, 0.3) is 0 Å². The molecular weight excluding hydrogens is 208 g/mol. The van der Waals surface area contributed by atoms with Crippen molar-refractivity contribution in [1.29, 1.82) is 0 Å². The number of hydrogen-bond donors (Lipinski definition) is 2. The molecule has 0 fully saturated rings. The summed E-state index contributed by atoms with van der Waals surface area (Å²) in [5, 5.41) is 11.0. The zero-order valence-electron chi connectivity index (χ0n) is 9.34. The monoisotopic (exact) mass is 226 g/mol. The molecule has 0 spiro atoms. The first-order chi connectivity index (χ1) is 7.22. The number of H-pyrrole nitrogens is 1. The van der Waals surface area contributed by atoms with Crippen LogP contribution in [0.15, 0.2) is 17.3 Å². The van der Waals surface area contributed by atoms with Crippen LogP contribution < -0.4 is 5.32 Å². The zero-order valence-corrected chi connectivity index (χ0v) is 10.2. The summed E-state index contributed by atoms with van der Waals surface area (Å²) in [5.41, 5.74) is 1.18. The molecule has 0 aromatic carbocycles. The van der Waals surface area contributed by atoms with Gasteiger partial charge in [-0.2, -0.15) is 0 Å². The maximum atomic E-state index is 4.21. The lowest BCUT2D eigenvalue weighted by Crippen LogP contribution is -2.18. The van der Waals surface area contributed by atoms with Gasteiger partial charge in [-0.3, -0.25) is 5.10 Å². The molecule has 0 saturated heterocycles. The first-order valence-electron chi connectivity index (χ1n) is 5.11. The Hall–Kier alpha value is -0.810. The molecule has 84 valence electrons. The third-order valence-corrected chi connectivity index (χ3v) is 2.78. The molecule has 0 bridgehead atoms. The molecule has 1 rings (SSSR count). The number of nitrogens with zero attached hydrogens (tertiary/aromatic N) is 2.